The maximum absolute atomic E-state index is 11.9. The average molecular weight is 226 g/mol. The van der Waals surface area contributed by atoms with E-state index >= 15 is 0 Å². The van der Waals surface area contributed by atoms with E-state index in [0.29, 0.717) is 12.0 Å². The molecule has 2 aliphatic rings. The minimum Gasteiger partial charge on any atom is -0.469 e. The van der Waals surface area contributed by atoms with E-state index in [2.05, 4.69) is 10.1 Å². The van der Waals surface area contributed by atoms with Crippen molar-refractivity contribution in [2.75, 3.05) is 26.7 Å². The summed E-state index contributed by atoms with van der Waals surface area (Å²) < 4.78 is 4.53. The topological polar surface area (TPSA) is 58.6 Å². The van der Waals surface area contributed by atoms with Crippen molar-refractivity contribution in [1.29, 1.82) is 0 Å². The highest BCUT2D eigenvalue weighted by Crippen LogP contribution is 2.27. The molecule has 0 aromatic rings. The van der Waals surface area contributed by atoms with Crippen molar-refractivity contribution >= 4 is 11.9 Å². The molecule has 5 nitrogen and oxygen atoms in total. The van der Waals surface area contributed by atoms with Crippen LogP contribution in [0.4, 0.5) is 0 Å². The minimum absolute atomic E-state index is 0.0848. The van der Waals surface area contributed by atoms with Gasteiger partial charge in [-0.3, -0.25) is 9.59 Å². The highest BCUT2D eigenvalue weighted by Gasteiger charge is 2.39. The lowest BCUT2D eigenvalue weighted by atomic mass is 10.1. The van der Waals surface area contributed by atoms with Gasteiger partial charge in [0.2, 0.25) is 5.91 Å². The van der Waals surface area contributed by atoms with Crippen LogP contribution in [0.5, 0.6) is 0 Å². The Hall–Kier alpha value is -1.10. The van der Waals surface area contributed by atoms with Gasteiger partial charge >= 0.3 is 5.97 Å². The van der Waals surface area contributed by atoms with Crippen LogP contribution in [0.3, 0.4) is 0 Å². The van der Waals surface area contributed by atoms with E-state index in [9.17, 15) is 9.59 Å². The number of nitrogens with one attached hydrogen (secondary N) is 1. The van der Waals surface area contributed by atoms with Crippen LogP contribution in [-0.4, -0.2) is 49.6 Å². The molecule has 2 heterocycles. The fourth-order valence-corrected chi connectivity index (χ4v) is 2.61. The van der Waals surface area contributed by atoms with Crippen LogP contribution in [-0.2, 0) is 14.3 Å². The number of hydrogen-bond acceptors (Lipinski definition) is 4. The average Bonchev–Trinajstić information content (AvgIpc) is 2.86. The zero-order valence-electron chi connectivity index (χ0n) is 9.57. The third kappa shape index (κ3) is 2.19. The predicted octanol–water partition coefficient (Wildman–Crippen LogP) is -0.240. The van der Waals surface area contributed by atoms with Gasteiger partial charge in [0.1, 0.15) is 0 Å². The smallest absolute Gasteiger partial charge is 0.306 e. The lowest BCUT2D eigenvalue weighted by Gasteiger charge is -2.23. The zero-order valence-corrected chi connectivity index (χ0v) is 9.57. The molecule has 0 spiro atoms. The predicted molar refractivity (Wildman–Crippen MR) is 57.7 cm³/mol. The van der Waals surface area contributed by atoms with Gasteiger partial charge in [0.05, 0.1) is 13.5 Å². The molecule has 0 aliphatic carbocycles. The SMILES string of the molecule is COC(=O)CCC(=O)N1CC[C@@H]2CNC[C@@H]21. The molecule has 1 amide bonds. The number of hydrogen-bond donors (Lipinski definition) is 1. The number of nitrogens with zero attached hydrogens (tertiary/aromatic N) is 1. The van der Waals surface area contributed by atoms with E-state index in [1.165, 1.54) is 7.11 Å². The number of esters is 1. The fraction of sp³-hybridized carbons (Fsp3) is 0.818. The quantitative estimate of drug-likeness (QED) is 0.675. The molecule has 0 radical (unpaired) electrons. The molecule has 0 bridgehead atoms. The Morgan fingerprint density at radius 1 is 1.38 bits per heavy atom. The summed E-state index contributed by atoms with van der Waals surface area (Å²) in [6.07, 6.45) is 1.55. The molecule has 0 aromatic heterocycles. The molecule has 0 saturated carbocycles. The van der Waals surface area contributed by atoms with Gasteiger partial charge in [-0.05, 0) is 12.3 Å². The van der Waals surface area contributed by atoms with E-state index in [-0.39, 0.29) is 24.7 Å². The van der Waals surface area contributed by atoms with Crippen LogP contribution in [0.1, 0.15) is 19.3 Å². The third-order valence-electron chi connectivity index (χ3n) is 3.54. The van der Waals surface area contributed by atoms with Gasteiger partial charge in [0.15, 0.2) is 0 Å². The van der Waals surface area contributed by atoms with Crippen molar-refractivity contribution in [1.82, 2.24) is 10.2 Å². The second-order valence-corrected chi connectivity index (χ2v) is 4.44. The van der Waals surface area contributed by atoms with Crippen molar-refractivity contribution in [3.05, 3.63) is 0 Å². The molecule has 0 unspecified atom stereocenters. The van der Waals surface area contributed by atoms with Crippen molar-refractivity contribution in [3.8, 4) is 0 Å². The number of carbonyl (C=O) groups is 2. The number of carbonyl (C=O) groups excluding carboxylic acids is 2. The van der Waals surface area contributed by atoms with Crippen molar-refractivity contribution in [2.24, 2.45) is 5.92 Å². The Kier molecular flexibility index (Phi) is 3.43. The Bertz CT molecular complexity index is 293. The Balaban J connectivity index is 1.83. The molecule has 90 valence electrons. The molecule has 2 rings (SSSR count). The Morgan fingerprint density at radius 2 is 2.19 bits per heavy atom. The van der Waals surface area contributed by atoms with E-state index in [1.54, 1.807) is 0 Å². The summed E-state index contributed by atoms with van der Waals surface area (Å²) in [5, 5.41) is 3.30. The van der Waals surface area contributed by atoms with Gasteiger partial charge in [-0.15, -0.1) is 0 Å². The molecule has 5 heteroatoms. The summed E-state index contributed by atoms with van der Waals surface area (Å²) in [6, 6.07) is 0.352. The molecule has 2 saturated heterocycles. The molecule has 1 N–H and O–H groups in total. The number of methoxy groups -OCH3 is 1. The molecule has 2 aliphatic heterocycles. The van der Waals surface area contributed by atoms with E-state index in [1.807, 2.05) is 4.90 Å². The highest BCUT2D eigenvalue weighted by molar-refractivity contribution is 5.81. The lowest BCUT2D eigenvalue weighted by molar-refractivity contribution is -0.143. The van der Waals surface area contributed by atoms with Crippen molar-refractivity contribution < 1.29 is 14.3 Å². The lowest BCUT2D eigenvalue weighted by Crippen LogP contribution is -2.39. The Morgan fingerprint density at radius 3 is 2.94 bits per heavy atom. The van der Waals surface area contributed by atoms with Gasteiger partial charge in [-0.2, -0.15) is 0 Å². The first-order chi connectivity index (χ1) is 7.72. The van der Waals surface area contributed by atoms with Crippen LogP contribution < -0.4 is 5.32 Å². The summed E-state index contributed by atoms with van der Waals surface area (Å²) in [4.78, 5) is 24.8. The van der Waals surface area contributed by atoms with Gasteiger partial charge in [0, 0.05) is 32.1 Å². The molecular weight excluding hydrogens is 208 g/mol. The van der Waals surface area contributed by atoms with Gasteiger partial charge < -0.3 is 15.0 Å². The van der Waals surface area contributed by atoms with Gasteiger partial charge in [-0.25, -0.2) is 0 Å². The van der Waals surface area contributed by atoms with Gasteiger partial charge in [0.25, 0.3) is 0 Å². The first-order valence-electron chi connectivity index (χ1n) is 5.79. The summed E-state index contributed by atoms with van der Waals surface area (Å²) in [5.41, 5.74) is 0. The van der Waals surface area contributed by atoms with Crippen LogP contribution in [0.15, 0.2) is 0 Å². The zero-order chi connectivity index (χ0) is 11.5. The normalized spacial score (nSPS) is 27.9. The first-order valence-corrected chi connectivity index (χ1v) is 5.79. The summed E-state index contributed by atoms with van der Waals surface area (Å²) in [5.74, 6) is 0.386. The van der Waals surface area contributed by atoms with Crippen LogP contribution in [0.25, 0.3) is 0 Å². The van der Waals surface area contributed by atoms with Crippen LogP contribution in [0, 0.1) is 5.92 Å². The number of rotatable bonds is 3. The largest absolute Gasteiger partial charge is 0.469 e. The maximum atomic E-state index is 11.9. The molecule has 16 heavy (non-hydrogen) atoms. The highest BCUT2D eigenvalue weighted by atomic mass is 16.5. The summed E-state index contributed by atoms with van der Waals surface area (Å²) >= 11 is 0. The van der Waals surface area contributed by atoms with Crippen LogP contribution in [0.2, 0.25) is 0 Å². The second kappa shape index (κ2) is 4.82. The molecule has 0 aromatic carbocycles. The molecule has 2 fully saturated rings. The van der Waals surface area contributed by atoms with E-state index in [4.69, 9.17) is 0 Å². The molecular formula is C11H18N2O3. The Labute approximate surface area is 95.1 Å². The maximum Gasteiger partial charge on any atom is 0.306 e. The first kappa shape index (κ1) is 11.4. The minimum atomic E-state index is -0.311. The number of fused-ring (bicyclic) bond motifs is 1. The van der Waals surface area contributed by atoms with Crippen molar-refractivity contribution in [2.45, 2.75) is 25.3 Å². The van der Waals surface area contributed by atoms with E-state index < -0.39 is 0 Å². The number of likely N-dealkylation sites (tertiary alicyclic amines) is 1. The fourth-order valence-electron chi connectivity index (χ4n) is 2.61. The number of ether oxygens (including phenoxy) is 1. The molecule has 2 atom stereocenters. The number of amides is 1. The van der Waals surface area contributed by atoms with E-state index in [0.717, 1.165) is 26.1 Å². The summed E-state index contributed by atoms with van der Waals surface area (Å²) in [6.45, 7) is 2.76. The monoisotopic (exact) mass is 226 g/mol. The second-order valence-electron chi connectivity index (χ2n) is 4.44. The van der Waals surface area contributed by atoms with Crippen molar-refractivity contribution in [3.63, 3.8) is 0 Å². The standard InChI is InChI=1S/C11H18N2O3/c1-16-11(15)3-2-10(14)13-5-4-8-6-12-7-9(8)13/h8-9,12H,2-7H2,1H3/t8-,9+/m1/s1. The van der Waals surface area contributed by atoms with Crippen LogP contribution >= 0.6 is 0 Å². The third-order valence-corrected chi connectivity index (χ3v) is 3.54. The summed E-state index contributed by atoms with van der Waals surface area (Å²) in [7, 11) is 1.35. The van der Waals surface area contributed by atoms with Gasteiger partial charge in [-0.1, -0.05) is 0 Å².